The van der Waals surface area contributed by atoms with E-state index in [9.17, 15) is 9.18 Å². The molecule has 0 spiro atoms. The number of nitrogens with one attached hydrogen (secondary N) is 2. The summed E-state index contributed by atoms with van der Waals surface area (Å²) in [5.74, 6) is -0.960. The maximum absolute atomic E-state index is 14.5. The number of carbonyl (C=O) groups excluding carboxylic acids is 1. The minimum atomic E-state index is -1.07. The first-order chi connectivity index (χ1) is 14.0. The van der Waals surface area contributed by atoms with E-state index in [0.717, 1.165) is 16.7 Å². The van der Waals surface area contributed by atoms with Gasteiger partial charge in [-0.1, -0.05) is 60.7 Å². The van der Waals surface area contributed by atoms with E-state index in [-0.39, 0.29) is 17.9 Å². The van der Waals surface area contributed by atoms with Crippen molar-refractivity contribution >= 4 is 11.7 Å². The average Bonchev–Trinajstić information content (AvgIpc) is 2.75. The molecule has 6 heteroatoms. The van der Waals surface area contributed by atoms with Crippen LogP contribution in [0.5, 0.6) is 0 Å². The van der Waals surface area contributed by atoms with Crippen LogP contribution in [0.3, 0.4) is 0 Å². The Bertz CT molecular complexity index is 1000. The summed E-state index contributed by atoms with van der Waals surface area (Å²) in [6.07, 6.45) is -1.07. The predicted molar refractivity (Wildman–Crippen MR) is 111 cm³/mol. The third kappa shape index (κ3) is 4.86. The van der Waals surface area contributed by atoms with Crippen molar-refractivity contribution in [3.8, 4) is 11.1 Å². The van der Waals surface area contributed by atoms with Gasteiger partial charge in [0.25, 0.3) is 5.91 Å². The molecular weight excluding hydrogens is 369 g/mol. The highest BCUT2D eigenvalue weighted by Crippen LogP contribution is 2.27. The van der Waals surface area contributed by atoms with Crippen molar-refractivity contribution in [3.05, 3.63) is 95.3 Å². The maximum Gasteiger partial charge on any atom is 0.254 e. The fourth-order valence-corrected chi connectivity index (χ4v) is 3.01. The van der Waals surface area contributed by atoms with E-state index < -0.39 is 17.8 Å². The number of rotatable bonds is 7. The van der Waals surface area contributed by atoms with Gasteiger partial charge < -0.3 is 15.8 Å². The van der Waals surface area contributed by atoms with Gasteiger partial charge in [0, 0.05) is 24.8 Å². The van der Waals surface area contributed by atoms with E-state index in [2.05, 4.69) is 5.32 Å². The molecule has 0 bridgehead atoms. The average molecular weight is 391 g/mol. The van der Waals surface area contributed by atoms with Crippen LogP contribution in [0.2, 0.25) is 0 Å². The molecule has 0 aliphatic carbocycles. The summed E-state index contributed by atoms with van der Waals surface area (Å²) >= 11 is 0. The molecular formula is C23H22FN3O2. The van der Waals surface area contributed by atoms with Crippen LogP contribution in [0.25, 0.3) is 11.1 Å². The van der Waals surface area contributed by atoms with Crippen LogP contribution in [0.4, 0.5) is 4.39 Å². The van der Waals surface area contributed by atoms with Gasteiger partial charge in [-0.3, -0.25) is 10.2 Å². The second-order valence-electron chi connectivity index (χ2n) is 6.55. The highest BCUT2D eigenvalue weighted by molar-refractivity contribution is 5.94. The topological polar surface area (TPSA) is 88.2 Å². The van der Waals surface area contributed by atoms with Crippen LogP contribution in [-0.2, 0) is 16.1 Å². The number of carbonyl (C=O) groups is 1. The number of hydrogen-bond acceptors (Lipinski definition) is 3. The Kier molecular flexibility index (Phi) is 6.36. The van der Waals surface area contributed by atoms with Gasteiger partial charge in [0.2, 0.25) is 0 Å². The zero-order valence-corrected chi connectivity index (χ0v) is 16.0. The van der Waals surface area contributed by atoms with Crippen molar-refractivity contribution in [2.24, 2.45) is 5.73 Å². The fraction of sp³-hybridized carbons (Fsp3) is 0.130. The molecule has 29 heavy (non-hydrogen) atoms. The molecule has 0 aliphatic rings. The first-order valence-electron chi connectivity index (χ1n) is 9.08. The lowest BCUT2D eigenvalue weighted by Gasteiger charge is -2.17. The molecule has 0 radical (unpaired) electrons. The van der Waals surface area contributed by atoms with Crippen LogP contribution >= 0.6 is 0 Å². The number of halogens is 1. The number of ether oxygens (including phenoxy) is 1. The number of hydrogen-bond donors (Lipinski definition) is 3. The molecule has 0 saturated carbocycles. The Morgan fingerprint density at radius 3 is 2.38 bits per heavy atom. The number of methoxy groups -OCH3 is 1. The molecule has 3 rings (SSSR count). The van der Waals surface area contributed by atoms with Gasteiger partial charge in [0.05, 0.1) is 0 Å². The first-order valence-corrected chi connectivity index (χ1v) is 9.08. The Labute approximate surface area is 168 Å². The molecule has 0 saturated heterocycles. The molecule has 0 aliphatic heterocycles. The molecule has 0 fully saturated rings. The largest absolute Gasteiger partial charge is 0.384 e. The van der Waals surface area contributed by atoms with Gasteiger partial charge in [-0.15, -0.1) is 0 Å². The zero-order chi connectivity index (χ0) is 20.8. The van der Waals surface area contributed by atoms with Gasteiger partial charge in [-0.2, -0.15) is 0 Å². The predicted octanol–water partition coefficient (Wildman–Crippen LogP) is 3.78. The van der Waals surface area contributed by atoms with Crippen LogP contribution in [0, 0.1) is 11.2 Å². The summed E-state index contributed by atoms with van der Waals surface area (Å²) in [5.41, 5.74) is 8.78. The van der Waals surface area contributed by atoms with Crippen molar-refractivity contribution in [2.75, 3.05) is 7.11 Å². The summed E-state index contributed by atoms with van der Waals surface area (Å²) in [7, 11) is 1.38. The van der Waals surface area contributed by atoms with E-state index in [1.807, 2.05) is 30.3 Å². The molecule has 0 aromatic heterocycles. The summed E-state index contributed by atoms with van der Waals surface area (Å²) in [5, 5.41) is 10.2. The zero-order valence-electron chi connectivity index (χ0n) is 16.0. The fourth-order valence-electron chi connectivity index (χ4n) is 3.01. The van der Waals surface area contributed by atoms with Crippen molar-refractivity contribution in [1.82, 2.24) is 5.32 Å². The lowest BCUT2D eigenvalue weighted by atomic mass is 9.99. The van der Waals surface area contributed by atoms with Crippen LogP contribution < -0.4 is 11.1 Å². The molecule has 5 nitrogen and oxygen atoms in total. The lowest BCUT2D eigenvalue weighted by Crippen LogP contribution is -2.30. The minimum Gasteiger partial charge on any atom is -0.384 e. The Morgan fingerprint density at radius 2 is 1.76 bits per heavy atom. The van der Waals surface area contributed by atoms with E-state index in [1.54, 1.807) is 36.4 Å². The minimum absolute atomic E-state index is 0.0196. The second-order valence-corrected chi connectivity index (χ2v) is 6.55. The molecule has 1 atom stereocenters. The summed E-state index contributed by atoms with van der Waals surface area (Å²) in [6.45, 7) is 0.247. The molecule has 1 amide bonds. The summed E-state index contributed by atoms with van der Waals surface area (Å²) < 4.78 is 19.8. The maximum atomic E-state index is 14.5. The van der Waals surface area contributed by atoms with Crippen LogP contribution in [-0.4, -0.2) is 18.9 Å². The van der Waals surface area contributed by atoms with Gasteiger partial charge in [0.15, 0.2) is 6.10 Å². The van der Waals surface area contributed by atoms with E-state index in [1.165, 1.54) is 13.2 Å². The molecule has 3 aromatic carbocycles. The second kappa shape index (κ2) is 9.12. The molecule has 4 N–H and O–H groups in total. The third-order valence-corrected chi connectivity index (χ3v) is 4.59. The Hall–Kier alpha value is -3.51. The van der Waals surface area contributed by atoms with Crippen LogP contribution in [0.1, 0.15) is 22.8 Å². The lowest BCUT2D eigenvalue weighted by molar-refractivity contribution is -0.131. The summed E-state index contributed by atoms with van der Waals surface area (Å²) in [6, 6.07) is 21.2. The van der Waals surface area contributed by atoms with Crippen molar-refractivity contribution in [3.63, 3.8) is 0 Å². The van der Waals surface area contributed by atoms with Gasteiger partial charge in [-0.05, 0) is 28.8 Å². The monoisotopic (exact) mass is 391 g/mol. The van der Waals surface area contributed by atoms with Crippen molar-refractivity contribution < 1.29 is 13.9 Å². The third-order valence-electron chi connectivity index (χ3n) is 4.59. The smallest absolute Gasteiger partial charge is 0.254 e. The standard InChI is InChI=1S/C23H22FN3O2/c1-29-21(23(28)27-14-15-7-9-17(10-8-15)22(25)26)19-13-18(11-12-20(19)24)16-5-3-2-4-6-16/h2-13,21H,14H2,1H3,(H3,25,26)(H,27,28). The van der Waals surface area contributed by atoms with Gasteiger partial charge in [0.1, 0.15) is 11.7 Å². The Morgan fingerprint density at radius 1 is 1.07 bits per heavy atom. The number of amides is 1. The molecule has 3 aromatic rings. The van der Waals surface area contributed by atoms with E-state index >= 15 is 0 Å². The molecule has 1 unspecified atom stereocenters. The van der Waals surface area contributed by atoms with Crippen molar-refractivity contribution in [1.29, 1.82) is 5.41 Å². The highest BCUT2D eigenvalue weighted by Gasteiger charge is 2.24. The first kappa shape index (κ1) is 20.2. The van der Waals surface area contributed by atoms with Gasteiger partial charge >= 0.3 is 0 Å². The molecule has 148 valence electrons. The normalized spacial score (nSPS) is 11.7. The van der Waals surface area contributed by atoms with E-state index in [0.29, 0.717) is 5.56 Å². The Balaban J connectivity index is 1.76. The van der Waals surface area contributed by atoms with Crippen LogP contribution in [0.15, 0.2) is 72.8 Å². The highest BCUT2D eigenvalue weighted by atomic mass is 19.1. The number of nitrogens with two attached hydrogens (primary N) is 1. The number of amidine groups is 1. The van der Waals surface area contributed by atoms with Gasteiger partial charge in [-0.25, -0.2) is 4.39 Å². The van der Waals surface area contributed by atoms with E-state index in [4.69, 9.17) is 15.9 Å². The quantitative estimate of drug-likeness (QED) is 0.423. The van der Waals surface area contributed by atoms with Crippen molar-refractivity contribution in [2.45, 2.75) is 12.6 Å². The molecule has 0 heterocycles. The number of benzene rings is 3. The summed E-state index contributed by atoms with van der Waals surface area (Å²) in [4.78, 5) is 12.7. The SMILES string of the molecule is COC(C(=O)NCc1ccc(C(=N)N)cc1)c1cc(-c2ccccc2)ccc1F. The number of nitrogen functional groups attached to an aromatic ring is 1.